The largest absolute Gasteiger partial charge is 0.338 e. The van der Waals surface area contributed by atoms with Gasteiger partial charge in [-0.1, -0.05) is 0 Å². The molecule has 0 atom stereocenters. The van der Waals surface area contributed by atoms with Crippen LogP contribution in [0.1, 0.15) is 40.9 Å². The maximum Gasteiger partial charge on any atom is 0.265 e. The number of carbonyl (C=O) groups excluding carboxylic acids is 2. The zero-order valence-corrected chi connectivity index (χ0v) is 16.2. The molecule has 0 aliphatic carbocycles. The highest BCUT2D eigenvalue weighted by atomic mass is 32.1. The molecule has 1 aromatic carbocycles. The third kappa shape index (κ3) is 3.53. The zero-order valence-electron chi connectivity index (χ0n) is 15.4. The van der Waals surface area contributed by atoms with Crippen LogP contribution in [0, 0.1) is 17.0 Å². The molecule has 2 fully saturated rings. The van der Waals surface area contributed by atoms with Crippen molar-refractivity contribution in [2.75, 3.05) is 19.6 Å². The molecule has 1 spiro atoms. The van der Waals surface area contributed by atoms with Gasteiger partial charge in [0.15, 0.2) is 0 Å². The number of hydrogen-bond acceptors (Lipinski definition) is 4. The molecule has 0 unspecified atom stereocenters. The van der Waals surface area contributed by atoms with Crippen LogP contribution in [0.25, 0.3) is 0 Å². The average molecular weight is 405 g/mol. The van der Waals surface area contributed by atoms with Crippen molar-refractivity contribution in [2.45, 2.75) is 32.2 Å². The molecule has 5 nitrogen and oxygen atoms in total. The van der Waals surface area contributed by atoms with Crippen molar-refractivity contribution in [3.63, 3.8) is 0 Å². The first-order valence-electron chi connectivity index (χ1n) is 9.40. The highest BCUT2D eigenvalue weighted by Gasteiger charge is 2.46. The lowest BCUT2D eigenvalue weighted by molar-refractivity contribution is -0.150. The van der Waals surface area contributed by atoms with E-state index in [0.29, 0.717) is 37.4 Å². The molecule has 0 N–H and O–H groups in total. The number of rotatable bonds is 3. The van der Waals surface area contributed by atoms with Gasteiger partial charge in [0.1, 0.15) is 16.5 Å². The fourth-order valence-corrected chi connectivity index (χ4v) is 4.84. The lowest BCUT2D eigenvalue weighted by Crippen LogP contribution is -2.54. The molecule has 2 amide bonds. The number of amides is 2. The van der Waals surface area contributed by atoms with E-state index in [-0.39, 0.29) is 23.9 Å². The molecule has 28 heavy (non-hydrogen) atoms. The van der Waals surface area contributed by atoms with Crippen molar-refractivity contribution in [2.24, 2.45) is 5.41 Å². The Kier molecular flexibility index (Phi) is 5.14. The van der Waals surface area contributed by atoms with Gasteiger partial charge in [0.25, 0.3) is 5.91 Å². The van der Waals surface area contributed by atoms with E-state index in [1.807, 2.05) is 0 Å². The van der Waals surface area contributed by atoms with Gasteiger partial charge in [0, 0.05) is 31.7 Å². The quantitative estimate of drug-likeness (QED) is 0.786. The summed E-state index contributed by atoms with van der Waals surface area (Å²) in [6.07, 6.45) is 4.36. The highest BCUT2D eigenvalue weighted by Crippen LogP contribution is 2.41. The molecule has 2 aliphatic heterocycles. The van der Waals surface area contributed by atoms with E-state index in [2.05, 4.69) is 4.98 Å². The number of piperidine rings is 2. The summed E-state index contributed by atoms with van der Waals surface area (Å²) in [5.41, 5.74) is 1.32. The van der Waals surface area contributed by atoms with Crippen LogP contribution in [-0.2, 0) is 11.3 Å². The van der Waals surface area contributed by atoms with Gasteiger partial charge in [-0.3, -0.25) is 14.6 Å². The molecule has 1 aromatic heterocycles. The molecule has 0 bridgehead atoms. The Hall–Kier alpha value is -2.35. The van der Waals surface area contributed by atoms with Crippen molar-refractivity contribution in [3.05, 3.63) is 52.0 Å². The third-order valence-corrected chi connectivity index (χ3v) is 6.61. The minimum Gasteiger partial charge on any atom is -0.338 e. The van der Waals surface area contributed by atoms with Crippen molar-refractivity contribution in [3.8, 4) is 0 Å². The fourth-order valence-electron chi connectivity index (χ4n) is 4.25. The predicted octanol–water partition coefficient (Wildman–Crippen LogP) is 3.47. The van der Waals surface area contributed by atoms with Crippen molar-refractivity contribution in [1.29, 1.82) is 0 Å². The first-order chi connectivity index (χ1) is 13.5. The summed E-state index contributed by atoms with van der Waals surface area (Å²) >= 11 is 1.31. The maximum atomic E-state index is 14.0. The van der Waals surface area contributed by atoms with E-state index < -0.39 is 17.0 Å². The average Bonchev–Trinajstić information content (AvgIpc) is 3.23. The molecule has 8 heteroatoms. The second-order valence-corrected chi connectivity index (χ2v) is 8.39. The van der Waals surface area contributed by atoms with Gasteiger partial charge in [0.05, 0.1) is 17.1 Å². The number of benzene rings is 1. The molecule has 0 saturated carbocycles. The van der Waals surface area contributed by atoms with E-state index in [1.54, 1.807) is 21.5 Å². The van der Waals surface area contributed by atoms with Gasteiger partial charge in [-0.25, -0.2) is 8.78 Å². The minimum absolute atomic E-state index is 0.00713. The molecule has 2 saturated heterocycles. The van der Waals surface area contributed by atoms with Crippen molar-refractivity contribution >= 4 is 23.2 Å². The number of halogens is 2. The maximum absolute atomic E-state index is 14.0. The van der Waals surface area contributed by atoms with Crippen LogP contribution in [0.2, 0.25) is 0 Å². The van der Waals surface area contributed by atoms with E-state index in [4.69, 9.17) is 0 Å². The summed E-state index contributed by atoms with van der Waals surface area (Å²) in [6.45, 7) is 1.66. The summed E-state index contributed by atoms with van der Waals surface area (Å²) in [6, 6.07) is 3.33. The normalized spacial score (nSPS) is 19.3. The molecule has 148 valence electrons. The van der Waals surface area contributed by atoms with Crippen LogP contribution in [-0.4, -0.2) is 46.2 Å². The molecule has 2 aliphatic rings. The Bertz CT molecular complexity index is 880. The molecule has 3 heterocycles. The minimum atomic E-state index is -0.509. The summed E-state index contributed by atoms with van der Waals surface area (Å²) in [7, 11) is 0. The fraction of sp³-hybridized carbons (Fsp3) is 0.450. The van der Waals surface area contributed by atoms with E-state index in [9.17, 15) is 18.4 Å². The standard InChI is InChI=1S/C20H21F2N3O2S/c21-15-2-3-16(22)14(10-15)12-25-7-1-4-20(19(25)27)5-8-24(9-6-20)18(26)17-11-23-13-28-17/h2-3,10-11,13H,1,4-9,12H2. The lowest BCUT2D eigenvalue weighted by Gasteiger charge is -2.46. The van der Waals surface area contributed by atoms with Crippen LogP contribution in [0.4, 0.5) is 8.78 Å². The number of hydrogen-bond donors (Lipinski definition) is 0. The van der Waals surface area contributed by atoms with E-state index in [0.717, 1.165) is 31.0 Å². The van der Waals surface area contributed by atoms with Crippen LogP contribution in [0.15, 0.2) is 29.9 Å². The summed E-state index contributed by atoms with van der Waals surface area (Å²) in [5, 5.41) is 0. The first-order valence-corrected chi connectivity index (χ1v) is 10.3. The predicted molar refractivity (Wildman–Crippen MR) is 101 cm³/mol. The topological polar surface area (TPSA) is 53.5 Å². The number of aromatic nitrogens is 1. The number of nitrogens with zero attached hydrogens (tertiary/aromatic N) is 3. The van der Waals surface area contributed by atoms with Gasteiger partial charge < -0.3 is 9.80 Å². The van der Waals surface area contributed by atoms with Gasteiger partial charge in [0.2, 0.25) is 5.91 Å². The van der Waals surface area contributed by atoms with E-state index in [1.165, 1.54) is 11.3 Å². The van der Waals surface area contributed by atoms with Gasteiger partial charge in [-0.05, 0) is 43.9 Å². The molecular formula is C20H21F2N3O2S. The Morgan fingerprint density at radius 1 is 1.18 bits per heavy atom. The second kappa shape index (κ2) is 7.58. The van der Waals surface area contributed by atoms with E-state index >= 15 is 0 Å². The van der Waals surface area contributed by atoms with Crippen LogP contribution < -0.4 is 0 Å². The second-order valence-electron chi connectivity index (χ2n) is 7.50. The first kappa shape index (κ1) is 19.0. The molecular weight excluding hydrogens is 384 g/mol. The third-order valence-electron chi connectivity index (χ3n) is 5.84. The monoisotopic (exact) mass is 405 g/mol. The van der Waals surface area contributed by atoms with Crippen LogP contribution >= 0.6 is 11.3 Å². The summed E-state index contributed by atoms with van der Waals surface area (Å²) in [4.78, 5) is 33.7. The zero-order chi connectivity index (χ0) is 19.7. The SMILES string of the molecule is O=C(c1cncs1)N1CCC2(CCCN(Cc3cc(F)ccc3F)C2=O)CC1. The van der Waals surface area contributed by atoms with Crippen molar-refractivity contribution < 1.29 is 18.4 Å². The van der Waals surface area contributed by atoms with Crippen molar-refractivity contribution in [1.82, 2.24) is 14.8 Å². The van der Waals surface area contributed by atoms with Gasteiger partial charge in [-0.2, -0.15) is 0 Å². The van der Waals surface area contributed by atoms with Gasteiger partial charge in [-0.15, -0.1) is 11.3 Å². The number of likely N-dealkylation sites (tertiary alicyclic amines) is 2. The molecule has 4 rings (SSSR count). The number of carbonyl (C=O) groups is 2. The van der Waals surface area contributed by atoms with Crippen LogP contribution in [0.5, 0.6) is 0 Å². The van der Waals surface area contributed by atoms with Crippen LogP contribution in [0.3, 0.4) is 0 Å². The smallest absolute Gasteiger partial charge is 0.265 e. The molecule has 2 aromatic rings. The Labute approximate surface area is 166 Å². The lowest BCUT2D eigenvalue weighted by atomic mass is 9.71. The summed E-state index contributed by atoms with van der Waals surface area (Å²) in [5.74, 6) is -1.06. The Balaban J connectivity index is 1.45. The highest BCUT2D eigenvalue weighted by molar-refractivity contribution is 7.11. The Morgan fingerprint density at radius 2 is 1.96 bits per heavy atom. The number of thiazole rings is 1. The van der Waals surface area contributed by atoms with Gasteiger partial charge >= 0.3 is 0 Å². The Morgan fingerprint density at radius 3 is 2.68 bits per heavy atom. The molecule has 0 radical (unpaired) electrons. The summed E-state index contributed by atoms with van der Waals surface area (Å²) < 4.78 is 27.5.